The van der Waals surface area contributed by atoms with Crippen LogP contribution in [0.1, 0.15) is 0 Å². The summed E-state index contributed by atoms with van der Waals surface area (Å²) in [7, 11) is 0. The molecule has 0 unspecified atom stereocenters. The maximum absolute atomic E-state index is 9.51. The zero-order valence-electron chi connectivity index (χ0n) is 10.4. The molecule has 0 fully saturated rings. The van der Waals surface area contributed by atoms with Gasteiger partial charge in [-0.2, -0.15) is 0 Å². The molecule has 2 aromatic rings. The van der Waals surface area contributed by atoms with Crippen LogP contribution < -0.4 is 5.32 Å². The quantitative estimate of drug-likeness (QED) is 0.795. The van der Waals surface area contributed by atoms with Gasteiger partial charge >= 0.3 is 0 Å². The van der Waals surface area contributed by atoms with Gasteiger partial charge in [-0.3, -0.25) is 0 Å². The number of nitrogens with one attached hydrogen (secondary N) is 1. The Kier molecular flexibility index (Phi) is 4.43. The first-order valence-corrected chi connectivity index (χ1v) is 6.68. The number of allylic oxidation sites excluding steroid dienone is 2. The second kappa shape index (κ2) is 6.26. The minimum absolute atomic E-state index is 0.0542. The van der Waals surface area contributed by atoms with Crippen LogP contribution in [0.4, 0.5) is 5.82 Å². The Morgan fingerprint density at radius 1 is 1.47 bits per heavy atom. The molecule has 0 aliphatic carbocycles. The minimum atomic E-state index is -0.270. The highest BCUT2D eigenvalue weighted by Gasteiger charge is 2.13. The lowest BCUT2D eigenvalue weighted by atomic mass is 10.1. The highest BCUT2D eigenvalue weighted by Crippen LogP contribution is 2.25. The smallest absolute Gasteiger partial charge is 0.138 e. The van der Waals surface area contributed by atoms with Crippen molar-refractivity contribution < 1.29 is 5.11 Å². The zero-order valence-corrected chi connectivity index (χ0v) is 11.2. The highest BCUT2D eigenvalue weighted by atomic mass is 32.1. The zero-order chi connectivity index (χ0) is 13.7. The van der Waals surface area contributed by atoms with Gasteiger partial charge in [-0.05, 0) is 17.0 Å². The lowest BCUT2D eigenvalue weighted by Gasteiger charge is -2.18. The number of aliphatic hydroxyl groups is 1. The maximum atomic E-state index is 9.51. The van der Waals surface area contributed by atoms with E-state index in [4.69, 9.17) is 0 Å². The number of aromatic nitrogens is 2. The van der Waals surface area contributed by atoms with Gasteiger partial charge in [-0.1, -0.05) is 31.4 Å². The number of hydrogen-bond donors (Lipinski definition) is 2. The molecule has 2 aromatic heterocycles. The van der Waals surface area contributed by atoms with E-state index in [1.165, 1.54) is 6.33 Å². The second-order valence-electron chi connectivity index (χ2n) is 3.85. The molecule has 0 bridgehead atoms. The van der Waals surface area contributed by atoms with Gasteiger partial charge in [-0.25, -0.2) is 9.97 Å². The molecule has 0 aliphatic heterocycles. The van der Waals surface area contributed by atoms with Crippen molar-refractivity contribution in [1.82, 2.24) is 9.97 Å². The topological polar surface area (TPSA) is 58.0 Å². The van der Waals surface area contributed by atoms with Gasteiger partial charge in [0.2, 0.25) is 0 Å². The van der Waals surface area contributed by atoms with Crippen LogP contribution in [0.2, 0.25) is 0 Å². The molecule has 0 saturated carbocycles. The summed E-state index contributed by atoms with van der Waals surface area (Å²) in [6.45, 7) is 7.35. The van der Waals surface area contributed by atoms with E-state index in [0.29, 0.717) is 5.82 Å². The third kappa shape index (κ3) is 2.89. The Morgan fingerprint density at radius 3 is 3.00 bits per heavy atom. The van der Waals surface area contributed by atoms with Crippen LogP contribution in [0.25, 0.3) is 10.2 Å². The van der Waals surface area contributed by atoms with Gasteiger partial charge in [0.15, 0.2) is 0 Å². The molecule has 1 atom stereocenters. The van der Waals surface area contributed by atoms with E-state index in [1.54, 1.807) is 23.5 Å². The van der Waals surface area contributed by atoms with Crippen LogP contribution >= 0.6 is 11.3 Å². The fourth-order valence-corrected chi connectivity index (χ4v) is 2.50. The molecule has 4 nitrogen and oxygen atoms in total. The number of rotatable bonds is 6. The Bertz CT molecular complexity index is 618. The van der Waals surface area contributed by atoms with Crippen LogP contribution in [-0.4, -0.2) is 27.7 Å². The van der Waals surface area contributed by atoms with Gasteiger partial charge in [0, 0.05) is 0 Å². The normalized spacial score (nSPS) is 13.2. The van der Waals surface area contributed by atoms with E-state index in [-0.39, 0.29) is 12.6 Å². The Labute approximate surface area is 115 Å². The number of aliphatic hydroxyl groups excluding tert-OH is 1. The molecule has 0 spiro atoms. The molecule has 2 heterocycles. The van der Waals surface area contributed by atoms with Gasteiger partial charge in [0.1, 0.15) is 17.0 Å². The summed E-state index contributed by atoms with van der Waals surface area (Å²) in [4.78, 5) is 9.34. The Balaban J connectivity index is 2.32. The van der Waals surface area contributed by atoms with Crippen LogP contribution in [0.5, 0.6) is 0 Å². The van der Waals surface area contributed by atoms with Crippen LogP contribution in [0.15, 0.2) is 54.7 Å². The number of nitrogens with zero attached hydrogens (tertiary/aromatic N) is 2. The average molecular weight is 273 g/mol. The van der Waals surface area contributed by atoms with Crippen molar-refractivity contribution in [3.05, 3.63) is 54.7 Å². The number of hydrogen-bond acceptors (Lipinski definition) is 5. The van der Waals surface area contributed by atoms with E-state index in [2.05, 4.69) is 28.4 Å². The van der Waals surface area contributed by atoms with Crippen molar-refractivity contribution in [2.45, 2.75) is 6.04 Å². The molecule has 19 heavy (non-hydrogen) atoms. The molecule has 2 N–H and O–H groups in total. The van der Waals surface area contributed by atoms with Crippen molar-refractivity contribution in [2.75, 3.05) is 11.9 Å². The molecule has 0 amide bonds. The van der Waals surface area contributed by atoms with Crippen molar-refractivity contribution in [1.29, 1.82) is 0 Å². The number of fused-ring (bicyclic) bond motifs is 1. The van der Waals surface area contributed by atoms with Crippen molar-refractivity contribution in [2.24, 2.45) is 0 Å². The molecular formula is C14H15N3OS. The second-order valence-corrected chi connectivity index (χ2v) is 4.74. The Morgan fingerprint density at radius 2 is 2.32 bits per heavy atom. The highest BCUT2D eigenvalue weighted by molar-refractivity contribution is 7.16. The largest absolute Gasteiger partial charge is 0.394 e. The molecular weight excluding hydrogens is 258 g/mol. The molecule has 0 aliphatic rings. The first-order valence-electron chi connectivity index (χ1n) is 5.80. The first kappa shape index (κ1) is 13.5. The monoisotopic (exact) mass is 273 g/mol. The third-order valence-electron chi connectivity index (χ3n) is 2.70. The summed E-state index contributed by atoms with van der Waals surface area (Å²) in [5.41, 5.74) is 0.861. The Hall–Kier alpha value is -1.98. The maximum Gasteiger partial charge on any atom is 0.138 e. The summed E-state index contributed by atoms with van der Waals surface area (Å²) in [6, 6.07) is 1.69. The summed E-state index contributed by atoms with van der Waals surface area (Å²) in [6.07, 6.45) is 6.69. The summed E-state index contributed by atoms with van der Waals surface area (Å²) >= 11 is 1.56. The molecule has 5 heteroatoms. The first-order chi connectivity index (χ1) is 9.30. The van der Waals surface area contributed by atoms with Crippen LogP contribution in [0.3, 0.4) is 0 Å². The van der Waals surface area contributed by atoms with Gasteiger partial charge in [-0.15, -0.1) is 11.3 Å². The minimum Gasteiger partial charge on any atom is -0.394 e. The standard InChI is InChI=1S/C14H15N3OS/c1-3-5-10(4-2)12(8-18)17-13-11-6-7-19-14(11)16-9-15-13/h3-7,9,12,18H,1-2,8H2,(H,15,16,17)/b10-5+/t12-/m1/s1. The third-order valence-corrected chi connectivity index (χ3v) is 3.52. The van der Waals surface area contributed by atoms with E-state index >= 15 is 0 Å². The van der Waals surface area contributed by atoms with Crippen LogP contribution in [0, 0.1) is 0 Å². The fourth-order valence-electron chi connectivity index (χ4n) is 1.77. The van der Waals surface area contributed by atoms with Crippen LogP contribution in [-0.2, 0) is 0 Å². The molecule has 0 saturated heterocycles. The van der Waals surface area contributed by atoms with E-state index in [1.807, 2.05) is 17.5 Å². The predicted molar refractivity (Wildman–Crippen MR) is 80.4 cm³/mol. The van der Waals surface area contributed by atoms with Crippen molar-refractivity contribution >= 4 is 27.4 Å². The van der Waals surface area contributed by atoms with Gasteiger partial charge < -0.3 is 10.4 Å². The summed E-state index contributed by atoms with van der Waals surface area (Å²) in [5, 5.41) is 15.6. The lowest BCUT2D eigenvalue weighted by molar-refractivity contribution is 0.288. The lowest BCUT2D eigenvalue weighted by Crippen LogP contribution is -2.26. The average Bonchev–Trinajstić information content (AvgIpc) is 2.91. The molecule has 2 rings (SSSR count). The van der Waals surface area contributed by atoms with Gasteiger partial charge in [0.05, 0.1) is 18.0 Å². The summed E-state index contributed by atoms with van der Waals surface area (Å²) in [5.74, 6) is 0.710. The molecule has 0 radical (unpaired) electrons. The SMILES string of the molecule is C=C/C=C(\C=C)[C@@H](CO)Nc1ncnc2sccc12. The predicted octanol–water partition coefficient (Wildman–Crippen LogP) is 2.76. The number of anilines is 1. The number of thiophene rings is 1. The molecule has 98 valence electrons. The fraction of sp³-hybridized carbons (Fsp3) is 0.143. The molecule has 0 aromatic carbocycles. The van der Waals surface area contributed by atoms with E-state index in [9.17, 15) is 5.11 Å². The van der Waals surface area contributed by atoms with Crippen molar-refractivity contribution in [3.8, 4) is 0 Å². The van der Waals surface area contributed by atoms with Gasteiger partial charge in [0.25, 0.3) is 0 Å². The summed E-state index contributed by atoms with van der Waals surface area (Å²) < 4.78 is 0. The van der Waals surface area contributed by atoms with E-state index < -0.39 is 0 Å². The van der Waals surface area contributed by atoms with Crippen molar-refractivity contribution in [3.63, 3.8) is 0 Å². The van der Waals surface area contributed by atoms with E-state index in [0.717, 1.165) is 15.8 Å².